The molecule has 2 aromatic heterocycles. The molecule has 36 heavy (non-hydrogen) atoms. The number of nitrogens with zero attached hydrogens (tertiary/aromatic N) is 3. The fourth-order valence-electron chi connectivity index (χ4n) is 3.81. The molecule has 2 aromatic carbocycles. The Balaban J connectivity index is 1.52. The molecule has 1 unspecified atom stereocenters. The van der Waals surface area contributed by atoms with Crippen molar-refractivity contribution >= 4 is 46.2 Å². The summed E-state index contributed by atoms with van der Waals surface area (Å²) in [5.41, 5.74) is 4.72. The second-order valence-corrected chi connectivity index (χ2v) is 8.81. The van der Waals surface area contributed by atoms with Gasteiger partial charge in [-0.3, -0.25) is 15.1 Å². The number of fused-ring (bicyclic) bond motifs is 1. The number of para-hydroxylation sites is 1. The van der Waals surface area contributed by atoms with E-state index in [9.17, 15) is 9.59 Å². The lowest BCUT2D eigenvalue weighted by Gasteiger charge is -2.18. The number of hydrogen-bond donors (Lipinski definition) is 3. The van der Waals surface area contributed by atoms with E-state index in [4.69, 9.17) is 0 Å². The quantitative estimate of drug-likeness (QED) is 0.316. The van der Waals surface area contributed by atoms with Crippen LogP contribution >= 0.6 is 11.8 Å². The van der Waals surface area contributed by atoms with Gasteiger partial charge in [0.15, 0.2) is 0 Å². The zero-order valence-electron chi connectivity index (χ0n) is 20.1. The molecule has 0 radical (unpaired) electrons. The summed E-state index contributed by atoms with van der Waals surface area (Å²) in [6.45, 7) is 0.602. The van der Waals surface area contributed by atoms with Crippen molar-refractivity contribution in [2.75, 3.05) is 37.6 Å². The van der Waals surface area contributed by atoms with Crippen LogP contribution < -0.4 is 16.0 Å². The molecule has 0 spiro atoms. The van der Waals surface area contributed by atoms with Gasteiger partial charge >= 0.3 is 6.09 Å². The highest BCUT2D eigenvalue weighted by Crippen LogP contribution is 2.33. The first kappa shape index (κ1) is 24.9. The number of aromatic nitrogens is 3. The number of ether oxygens (including phenoxy) is 1. The summed E-state index contributed by atoms with van der Waals surface area (Å²) >= 11 is 1.69. The van der Waals surface area contributed by atoms with Crippen molar-refractivity contribution in [2.45, 2.75) is 5.25 Å². The van der Waals surface area contributed by atoms with Crippen LogP contribution in [0.1, 0.15) is 21.2 Å². The van der Waals surface area contributed by atoms with Crippen LogP contribution in [0.15, 0.2) is 67.1 Å². The maximum Gasteiger partial charge on any atom is 0.411 e. The lowest BCUT2D eigenvalue weighted by atomic mass is 10.0. The summed E-state index contributed by atoms with van der Waals surface area (Å²) in [5.74, 6) is 0.552. The van der Waals surface area contributed by atoms with Crippen molar-refractivity contribution < 1.29 is 14.3 Å². The molecule has 0 aliphatic carbocycles. The molecular weight excluding hydrogens is 476 g/mol. The molecule has 0 fully saturated rings. The summed E-state index contributed by atoms with van der Waals surface area (Å²) in [4.78, 5) is 37.0. The first-order valence-electron chi connectivity index (χ1n) is 11.2. The van der Waals surface area contributed by atoms with Gasteiger partial charge in [-0.25, -0.2) is 14.8 Å². The number of hydrogen-bond acceptors (Lipinski definition) is 8. The lowest BCUT2D eigenvalue weighted by Crippen LogP contribution is -2.18. The normalized spacial score (nSPS) is 11.5. The number of amides is 2. The highest BCUT2D eigenvalue weighted by Gasteiger charge is 2.17. The van der Waals surface area contributed by atoms with E-state index >= 15 is 0 Å². The van der Waals surface area contributed by atoms with Gasteiger partial charge in [0, 0.05) is 47.7 Å². The van der Waals surface area contributed by atoms with Crippen LogP contribution in [0.2, 0.25) is 0 Å². The number of rotatable bonds is 8. The van der Waals surface area contributed by atoms with E-state index in [1.807, 2.05) is 42.7 Å². The van der Waals surface area contributed by atoms with Crippen LogP contribution in [-0.4, -0.2) is 53.9 Å². The minimum Gasteiger partial charge on any atom is -0.453 e. The van der Waals surface area contributed by atoms with Gasteiger partial charge < -0.3 is 15.4 Å². The molecule has 0 aliphatic rings. The van der Waals surface area contributed by atoms with Gasteiger partial charge in [0.2, 0.25) is 0 Å². The fourth-order valence-corrected chi connectivity index (χ4v) is 4.51. The van der Waals surface area contributed by atoms with Crippen LogP contribution in [0.3, 0.4) is 0 Å². The van der Waals surface area contributed by atoms with Crippen LogP contribution in [-0.2, 0) is 4.74 Å². The minimum atomic E-state index is -0.522. The highest BCUT2D eigenvalue weighted by atomic mass is 32.2. The van der Waals surface area contributed by atoms with E-state index in [-0.39, 0.29) is 11.2 Å². The van der Waals surface area contributed by atoms with Crippen molar-refractivity contribution in [3.8, 4) is 11.3 Å². The number of nitrogens with one attached hydrogen (secondary N) is 3. The molecule has 3 N–H and O–H groups in total. The topological polar surface area (TPSA) is 118 Å². The summed E-state index contributed by atoms with van der Waals surface area (Å²) in [5, 5.41) is 9.62. The van der Waals surface area contributed by atoms with Crippen molar-refractivity contribution in [1.29, 1.82) is 0 Å². The van der Waals surface area contributed by atoms with Crippen molar-refractivity contribution in [3.63, 3.8) is 0 Å². The number of methoxy groups -OCH3 is 1. The standard InChI is InChI=1S/C26H26N6O3S/c1-27-25(33)19-11-12-28-24-18(19)5-4-6-20(24)22(36-3)14-29-23-13-21(30-15-31-23)16-7-9-17(10-8-16)32-26(34)35-2/h4-13,15,22H,14H2,1-3H3,(H,27,33)(H,32,34)(H,29,30,31). The monoisotopic (exact) mass is 502 g/mol. The predicted molar refractivity (Wildman–Crippen MR) is 143 cm³/mol. The molecule has 4 rings (SSSR count). The number of thioether (sulfide) groups is 1. The molecule has 0 bridgehead atoms. The second-order valence-electron chi connectivity index (χ2n) is 7.77. The minimum absolute atomic E-state index is 0.0724. The Labute approximate surface area is 213 Å². The number of pyridine rings is 1. The molecule has 0 aliphatic heterocycles. The number of carbonyl (C=O) groups excluding carboxylic acids is 2. The largest absolute Gasteiger partial charge is 0.453 e. The van der Waals surface area contributed by atoms with Gasteiger partial charge in [0.05, 0.1) is 23.9 Å². The summed E-state index contributed by atoms with van der Waals surface area (Å²) in [6.07, 6.45) is 4.71. The molecular formula is C26H26N6O3S. The van der Waals surface area contributed by atoms with E-state index in [0.717, 1.165) is 27.7 Å². The maximum atomic E-state index is 12.3. The SMILES string of the molecule is CNC(=O)c1ccnc2c(C(CNc3cc(-c4ccc(NC(=O)OC)cc4)ncn3)SC)cccc12. The van der Waals surface area contributed by atoms with Crippen LogP contribution in [0.25, 0.3) is 22.2 Å². The summed E-state index contributed by atoms with van der Waals surface area (Å²) in [6, 6.07) is 16.8. The van der Waals surface area contributed by atoms with E-state index < -0.39 is 6.09 Å². The highest BCUT2D eigenvalue weighted by molar-refractivity contribution is 7.98. The first-order chi connectivity index (χ1) is 17.5. The number of anilines is 2. The molecule has 0 saturated heterocycles. The zero-order chi connectivity index (χ0) is 25.5. The predicted octanol–water partition coefficient (Wildman–Crippen LogP) is 4.75. The van der Waals surface area contributed by atoms with Gasteiger partial charge in [-0.2, -0.15) is 11.8 Å². The summed E-state index contributed by atoms with van der Waals surface area (Å²) < 4.78 is 4.61. The smallest absolute Gasteiger partial charge is 0.411 e. The average molecular weight is 503 g/mol. The van der Waals surface area contributed by atoms with Crippen LogP contribution in [0, 0.1) is 0 Å². The third-order valence-corrected chi connectivity index (χ3v) is 6.64. The van der Waals surface area contributed by atoms with Crippen LogP contribution in [0.5, 0.6) is 0 Å². The lowest BCUT2D eigenvalue weighted by molar-refractivity contribution is 0.0964. The third-order valence-electron chi connectivity index (χ3n) is 5.65. The molecule has 0 saturated carbocycles. The van der Waals surface area contributed by atoms with E-state index in [2.05, 4.69) is 35.6 Å². The Hall–Kier alpha value is -4.18. The van der Waals surface area contributed by atoms with Gasteiger partial charge in [0.25, 0.3) is 5.91 Å². The van der Waals surface area contributed by atoms with Crippen molar-refractivity contribution in [3.05, 3.63) is 78.2 Å². The molecule has 184 valence electrons. The van der Waals surface area contributed by atoms with Gasteiger partial charge in [-0.15, -0.1) is 0 Å². The summed E-state index contributed by atoms with van der Waals surface area (Å²) in [7, 11) is 2.94. The van der Waals surface area contributed by atoms with Gasteiger partial charge in [-0.05, 0) is 30.0 Å². The Morgan fingerprint density at radius 1 is 1.06 bits per heavy atom. The van der Waals surface area contributed by atoms with Gasteiger partial charge in [-0.1, -0.05) is 30.3 Å². The van der Waals surface area contributed by atoms with Crippen molar-refractivity contribution in [2.24, 2.45) is 0 Å². The zero-order valence-corrected chi connectivity index (χ0v) is 20.9. The van der Waals surface area contributed by atoms with Crippen molar-refractivity contribution in [1.82, 2.24) is 20.3 Å². The molecule has 9 nitrogen and oxygen atoms in total. The Kier molecular flexibility index (Phi) is 7.96. The maximum absolute atomic E-state index is 12.3. The number of carbonyl (C=O) groups is 2. The fraction of sp³-hybridized carbons (Fsp3) is 0.192. The van der Waals surface area contributed by atoms with Gasteiger partial charge in [0.1, 0.15) is 12.1 Å². The Morgan fingerprint density at radius 3 is 2.58 bits per heavy atom. The Morgan fingerprint density at radius 2 is 1.86 bits per heavy atom. The average Bonchev–Trinajstić information content (AvgIpc) is 2.93. The van der Waals surface area contributed by atoms with E-state index in [0.29, 0.717) is 23.6 Å². The molecule has 10 heteroatoms. The third kappa shape index (κ3) is 5.55. The second kappa shape index (κ2) is 11.5. The molecule has 2 heterocycles. The van der Waals surface area contributed by atoms with Crippen LogP contribution in [0.4, 0.5) is 16.3 Å². The first-order valence-corrected chi connectivity index (χ1v) is 12.5. The Bertz CT molecular complexity index is 1380. The van der Waals surface area contributed by atoms with E-state index in [1.54, 1.807) is 43.2 Å². The molecule has 2 amide bonds. The molecule has 4 aromatic rings. The number of benzene rings is 2. The molecule has 1 atom stereocenters. The van der Waals surface area contributed by atoms with E-state index in [1.165, 1.54) is 13.4 Å².